The number of benzene rings is 1. The van der Waals surface area contributed by atoms with Gasteiger partial charge in [-0.2, -0.15) is 5.10 Å². The third-order valence-electron chi connectivity index (χ3n) is 5.48. The maximum absolute atomic E-state index is 14.0. The molecule has 1 fully saturated rings. The summed E-state index contributed by atoms with van der Waals surface area (Å²) in [5.74, 6) is 1.52. The Hall–Kier alpha value is -3.26. The van der Waals surface area contributed by atoms with E-state index in [0.717, 1.165) is 24.2 Å². The molecule has 1 aliphatic heterocycles. The Bertz CT molecular complexity index is 1270. The van der Waals surface area contributed by atoms with Crippen LogP contribution in [-0.4, -0.2) is 33.0 Å². The van der Waals surface area contributed by atoms with Crippen molar-refractivity contribution in [1.82, 2.24) is 19.7 Å². The molecule has 1 saturated heterocycles. The van der Waals surface area contributed by atoms with Gasteiger partial charge in [-0.3, -0.25) is 4.79 Å². The maximum atomic E-state index is 14.0. The number of hydrogen-bond donors (Lipinski definition) is 1. The van der Waals surface area contributed by atoms with E-state index in [1.807, 2.05) is 23.7 Å². The summed E-state index contributed by atoms with van der Waals surface area (Å²) in [6.45, 7) is 3.19. The number of aromatic nitrogens is 4. The number of ether oxygens (including phenoxy) is 1. The highest BCUT2D eigenvalue weighted by Crippen LogP contribution is 2.28. The van der Waals surface area contributed by atoms with Crippen molar-refractivity contribution in [2.45, 2.75) is 32.2 Å². The fourth-order valence-corrected chi connectivity index (χ4v) is 3.97. The van der Waals surface area contributed by atoms with E-state index in [1.165, 1.54) is 12.1 Å². The number of nitrogens with zero attached hydrogens (tertiary/aromatic N) is 3. The van der Waals surface area contributed by atoms with Gasteiger partial charge in [-0.05, 0) is 55.7 Å². The van der Waals surface area contributed by atoms with Gasteiger partial charge in [-0.1, -0.05) is 0 Å². The van der Waals surface area contributed by atoms with Gasteiger partial charge in [0.05, 0.1) is 12.2 Å². The van der Waals surface area contributed by atoms with Crippen LogP contribution in [0.25, 0.3) is 22.4 Å². The summed E-state index contributed by atoms with van der Waals surface area (Å²) >= 11 is 0. The predicted molar refractivity (Wildman–Crippen MR) is 109 cm³/mol. The molecule has 8 heteroatoms. The molecule has 0 saturated carbocycles. The summed E-state index contributed by atoms with van der Waals surface area (Å²) in [6, 6.07) is 8.40. The summed E-state index contributed by atoms with van der Waals surface area (Å²) in [6.07, 6.45) is 3.47. The van der Waals surface area contributed by atoms with Gasteiger partial charge in [0.25, 0.3) is 5.56 Å². The molecular weight excluding hydrogens is 387 g/mol. The molecule has 0 bridgehead atoms. The quantitative estimate of drug-likeness (QED) is 0.556. The van der Waals surface area contributed by atoms with E-state index in [0.29, 0.717) is 41.4 Å². The van der Waals surface area contributed by atoms with E-state index in [-0.39, 0.29) is 23.8 Å². The van der Waals surface area contributed by atoms with Crippen molar-refractivity contribution in [2.24, 2.45) is 0 Å². The van der Waals surface area contributed by atoms with Gasteiger partial charge in [0.1, 0.15) is 28.5 Å². The molecule has 0 aliphatic carbocycles. The first-order valence-electron chi connectivity index (χ1n) is 9.98. The van der Waals surface area contributed by atoms with E-state index >= 15 is 0 Å². The van der Waals surface area contributed by atoms with Crippen LogP contribution in [0.1, 0.15) is 36.0 Å². The van der Waals surface area contributed by atoms with E-state index in [9.17, 15) is 9.18 Å². The number of aryl methyl sites for hydroxylation is 1. The molecule has 4 aromatic rings. The van der Waals surface area contributed by atoms with Crippen molar-refractivity contribution in [3.63, 3.8) is 0 Å². The van der Waals surface area contributed by atoms with Crippen LogP contribution in [0.3, 0.4) is 0 Å². The van der Waals surface area contributed by atoms with Crippen LogP contribution in [0.2, 0.25) is 0 Å². The van der Waals surface area contributed by atoms with Crippen LogP contribution in [0.5, 0.6) is 0 Å². The second-order valence-electron chi connectivity index (χ2n) is 7.57. The van der Waals surface area contributed by atoms with Crippen LogP contribution in [0.15, 0.2) is 45.7 Å². The molecule has 1 aromatic carbocycles. The normalized spacial score (nSPS) is 15.1. The number of aromatic amines is 1. The van der Waals surface area contributed by atoms with Gasteiger partial charge in [-0.15, -0.1) is 0 Å². The number of furan rings is 1. The highest BCUT2D eigenvalue weighted by molar-refractivity contribution is 5.73. The number of halogens is 1. The van der Waals surface area contributed by atoms with Gasteiger partial charge < -0.3 is 14.1 Å². The van der Waals surface area contributed by atoms with Gasteiger partial charge in [0.2, 0.25) is 0 Å². The lowest BCUT2D eigenvalue weighted by Gasteiger charge is -2.22. The maximum Gasteiger partial charge on any atom is 0.262 e. The summed E-state index contributed by atoms with van der Waals surface area (Å²) in [4.78, 5) is 20.2. The standard InChI is InChI=1S/C22H21FN4O3/c1-13-2-5-19(30-13)17-4-3-15(23)10-14(17)11-20-25-21-18(22(28)26-20)12-24-27(21)16-6-8-29-9-7-16/h2-5,10,12,16H,6-9,11H2,1H3,(H,25,26,28). The molecule has 1 aliphatic rings. The molecule has 4 heterocycles. The van der Waals surface area contributed by atoms with Crippen molar-refractivity contribution in [1.29, 1.82) is 0 Å². The number of nitrogens with one attached hydrogen (secondary N) is 1. The van der Waals surface area contributed by atoms with Gasteiger partial charge in [-0.25, -0.2) is 14.1 Å². The molecule has 30 heavy (non-hydrogen) atoms. The summed E-state index contributed by atoms with van der Waals surface area (Å²) in [5, 5.41) is 4.86. The van der Waals surface area contributed by atoms with Crippen molar-refractivity contribution in [3.8, 4) is 11.3 Å². The van der Waals surface area contributed by atoms with E-state index in [1.54, 1.807) is 12.3 Å². The summed E-state index contributed by atoms with van der Waals surface area (Å²) in [7, 11) is 0. The molecule has 0 radical (unpaired) electrons. The largest absolute Gasteiger partial charge is 0.461 e. The number of H-pyrrole nitrogens is 1. The average Bonchev–Trinajstić information content (AvgIpc) is 3.35. The van der Waals surface area contributed by atoms with Gasteiger partial charge >= 0.3 is 0 Å². The molecule has 154 valence electrons. The fourth-order valence-electron chi connectivity index (χ4n) is 3.97. The van der Waals surface area contributed by atoms with Crippen LogP contribution in [0.4, 0.5) is 4.39 Å². The Morgan fingerprint density at radius 2 is 2.07 bits per heavy atom. The summed E-state index contributed by atoms with van der Waals surface area (Å²) in [5.41, 5.74) is 1.75. The number of rotatable bonds is 4. The van der Waals surface area contributed by atoms with Crippen molar-refractivity contribution >= 4 is 11.0 Å². The molecule has 0 unspecified atom stereocenters. The Balaban J connectivity index is 1.56. The first-order valence-corrected chi connectivity index (χ1v) is 9.98. The lowest BCUT2D eigenvalue weighted by Crippen LogP contribution is -2.21. The van der Waals surface area contributed by atoms with Crippen molar-refractivity contribution in [2.75, 3.05) is 13.2 Å². The van der Waals surface area contributed by atoms with Gasteiger partial charge in [0.15, 0.2) is 5.65 Å². The Kier molecular flexibility index (Phi) is 4.71. The molecule has 3 aromatic heterocycles. The Morgan fingerprint density at radius 1 is 1.23 bits per heavy atom. The Labute approximate surface area is 171 Å². The minimum atomic E-state index is -0.354. The first kappa shape index (κ1) is 18.7. The van der Waals surface area contributed by atoms with Crippen LogP contribution in [-0.2, 0) is 11.2 Å². The van der Waals surface area contributed by atoms with Crippen molar-refractivity contribution in [3.05, 3.63) is 69.8 Å². The van der Waals surface area contributed by atoms with E-state index in [2.05, 4.69) is 15.1 Å². The van der Waals surface area contributed by atoms with Crippen LogP contribution in [0, 0.1) is 12.7 Å². The fraction of sp³-hybridized carbons (Fsp3) is 0.318. The highest BCUT2D eigenvalue weighted by atomic mass is 19.1. The minimum Gasteiger partial charge on any atom is -0.461 e. The predicted octanol–water partition coefficient (Wildman–Crippen LogP) is 3.77. The SMILES string of the molecule is Cc1ccc(-c2ccc(F)cc2Cc2nc3c(cnn3C3CCOCC3)c(=O)[nH]2)o1. The molecule has 7 nitrogen and oxygen atoms in total. The van der Waals surface area contributed by atoms with E-state index in [4.69, 9.17) is 9.15 Å². The zero-order valence-electron chi connectivity index (χ0n) is 16.5. The highest BCUT2D eigenvalue weighted by Gasteiger charge is 2.21. The number of fused-ring (bicyclic) bond motifs is 1. The zero-order chi connectivity index (χ0) is 20.7. The Morgan fingerprint density at radius 3 is 2.83 bits per heavy atom. The molecular formula is C22H21FN4O3. The second kappa shape index (κ2) is 7.53. The molecule has 1 N–H and O–H groups in total. The van der Waals surface area contributed by atoms with Crippen LogP contribution < -0.4 is 5.56 Å². The zero-order valence-corrected chi connectivity index (χ0v) is 16.5. The third-order valence-corrected chi connectivity index (χ3v) is 5.48. The lowest BCUT2D eigenvalue weighted by atomic mass is 10.0. The topological polar surface area (TPSA) is 85.9 Å². The van der Waals surface area contributed by atoms with E-state index < -0.39 is 0 Å². The third kappa shape index (κ3) is 3.43. The smallest absolute Gasteiger partial charge is 0.262 e. The molecule has 0 atom stereocenters. The molecule has 0 spiro atoms. The average molecular weight is 408 g/mol. The van der Waals surface area contributed by atoms with Gasteiger partial charge in [0, 0.05) is 25.2 Å². The summed E-state index contributed by atoms with van der Waals surface area (Å²) < 4.78 is 27.0. The molecule has 5 rings (SSSR count). The first-order chi connectivity index (χ1) is 14.6. The second-order valence-corrected chi connectivity index (χ2v) is 7.57. The van der Waals surface area contributed by atoms with Crippen molar-refractivity contribution < 1.29 is 13.5 Å². The van der Waals surface area contributed by atoms with Crippen LogP contribution >= 0.6 is 0 Å². The monoisotopic (exact) mass is 408 g/mol. The minimum absolute atomic E-state index is 0.147. The molecule has 0 amide bonds. The number of hydrogen-bond acceptors (Lipinski definition) is 5. The lowest BCUT2D eigenvalue weighted by molar-refractivity contribution is 0.0673.